The molecule has 118 valence electrons. The minimum absolute atomic E-state index is 0.458. The molecule has 0 amide bonds. The number of nitrogens with one attached hydrogen (secondary N) is 1. The Morgan fingerprint density at radius 3 is 2.45 bits per heavy atom. The predicted molar refractivity (Wildman–Crippen MR) is 87.2 cm³/mol. The Labute approximate surface area is 126 Å². The summed E-state index contributed by atoms with van der Waals surface area (Å²) in [5, 5.41) is 3.61. The zero-order valence-corrected chi connectivity index (χ0v) is 14.0. The van der Waals surface area contributed by atoms with Gasteiger partial charge < -0.3 is 10.2 Å². The van der Waals surface area contributed by atoms with Gasteiger partial charge in [0.15, 0.2) is 0 Å². The molecule has 3 nitrogen and oxygen atoms in total. The standard InChI is InChI=1S/C17H35N3/c1-17(2,3)8-9-18-10-14-19-13-7-16(15-19)20-11-5-4-6-12-20/h16,18H,4-15H2,1-3H3. The first-order valence-corrected chi connectivity index (χ1v) is 8.72. The van der Waals surface area contributed by atoms with Crippen LogP contribution in [0.4, 0.5) is 0 Å². The molecule has 2 aliphatic rings. The van der Waals surface area contributed by atoms with Crippen LogP contribution in [0, 0.1) is 5.41 Å². The van der Waals surface area contributed by atoms with Gasteiger partial charge in [-0.15, -0.1) is 0 Å². The van der Waals surface area contributed by atoms with Gasteiger partial charge in [0.25, 0.3) is 0 Å². The molecule has 2 heterocycles. The number of nitrogens with zero attached hydrogens (tertiary/aromatic N) is 2. The van der Waals surface area contributed by atoms with Crippen molar-refractivity contribution in [2.75, 3.05) is 45.8 Å². The molecule has 0 aromatic rings. The van der Waals surface area contributed by atoms with Gasteiger partial charge >= 0.3 is 0 Å². The third-order valence-electron chi connectivity index (χ3n) is 4.81. The van der Waals surface area contributed by atoms with Gasteiger partial charge in [0.1, 0.15) is 0 Å². The molecule has 0 radical (unpaired) electrons. The van der Waals surface area contributed by atoms with E-state index in [-0.39, 0.29) is 0 Å². The molecule has 0 aliphatic carbocycles. The highest BCUT2D eigenvalue weighted by molar-refractivity contribution is 4.85. The van der Waals surface area contributed by atoms with Crippen LogP contribution >= 0.6 is 0 Å². The molecule has 20 heavy (non-hydrogen) atoms. The van der Waals surface area contributed by atoms with E-state index in [2.05, 4.69) is 35.9 Å². The van der Waals surface area contributed by atoms with Crippen molar-refractivity contribution in [1.82, 2.24) is 15.1 Å². The van der Waals surface area contributed by atoms with Gasteiger partial charge in [-0.2, -0.15) is 0 Å². The summed E-state index contributed by atoms with van der Waals surface area (Å²) in [6.45, 7) is 15.8. The number of hydrogen-bond donors (Lipinski definition) is 1. The summed E-state index contributed by atoms with van der Waals surface area (Å²) >= 11 is 0. The molecule has 2 rings (SSSR count). The lowest BCUT2D eigenvalue weighted by Crippen LogP contribution is -2.41. The maximum absolute atomic E-state index is 3.61. The van der Waals surface area contributed by atoms with Crippen LogP contribution < -0.4 is 5.32 Å². The van der Waals surface area contributed by atoms with E-state index in [9.17, 15) is 0 Å². The molecule has 0 aromatic heterocycles. The van der Waals surface area contributed by atoms with Crippen LogP contribution in [0.15, 0.2) is 0 Å². The van der Waals surface area contributed by atoms with Gasteiger partial charge in [0.05, 0.1) is 0 Å². The first-order valence-electron chi connectivity index (χ1n) is 8.72. The fourth-order valence-corrected chi connectivity index (χ4v) is 3.42. The van der Waals surface area contributed by atoms with Crippen LogP contribution in [0.1, 0.15) is 52.9 Å². The summed E-state index contributed by atoms with van der Waals surface area (Å²) in [7, 11) is 0. The van der Waals surface area contributed by atoms with E-state index in [4.69, 9.17) is 0 Å². The number of hydrogen-bond acceptors (Lipinski definition) is 3. The van der Waals surface area contributed by atoms with E-state index in [1.165, 1.54) is 64.8 Å². The zero-order chi connectivity index (χ0) is 14.4. The normalized spacial score (nSPS) is 26.2. The van der Waals surface area contributed by atoms with Crippen LogP contribution in [-0.4, -0.2) is 61.7 Å². The SMILES string of the molecule is CC(C)(C)CCNCCN1CCC(N2CCCCC2)C1. The summed E-state index contributed by atoms with van der Waals surface area (Å²) < 4.78 is 0. The van der Waals surface area contributed by atoms with Crippen LogP contribution in [0.5, 0.6) is 0 Å². The topological polar surface area (TPSA) is 18.5 Å². The quantitative estimate of drug-likeness (QED) is 0.755. The summed E-state index contributed by atoms with van der Waals surface area (Å²) in [5.74, 6) is 0. The summed E-state index contributed by atoms with van der Waals surface area (Å²) in [5.41, 5.74) is 0.458. The second kappa shape index (κ2) is 7.77. The summed E-state index contributed by atoms with van der Waals surface area (Å²) in [6.07, 6.45) is 6.95. The minimum Gasteiger partial charge on any atom is -0.315 e. The van der Waals surface area contributed by atoms with Crippen LogP contribution in [0.25, 0.3) is 0 Å². The van der Waals surface area contributed by atoms with Gasteiger partial charge in [0, 0.05) is 25.7 Å². The smallest absolute Gasteiger partial charge is 0.0235 e. The van der Waals surface area contributed by atoms with Crippen LogP contribution in [-0.2, 0) is 0 Å². The van der Waals surface area contributed by atoms with E-state index in [0.717, 1.165) is 19.1 Å². The highest BCUT2D eigenvalue weighted by atomic mass is 15.3. The molecule has 0 bridgehead atoms. The minimum atomic E-state index is 0.458. The summed E-state index contributed by atoms with van der Waals surface area (Å²) in [4.78, 5) is 5.40. The van der Waals surface area contributed by atoms with E-state index < -0.39 is 0 Å². The maximum Gasteiger partial charge on any atom is 0.0235 e. The highest BCUT2D eigenvalue weighted by Gasteiger charge is 2.27. The molecule has 2 saturated heterocycles. The number of likely N-dealkylation sites (tertiary alicyclic amines) is 2. The lowest BCUT2D eigenvalue weighted by atomic mass is 9.92. The van der Waals surface area contributed by atoms with Crippen molar-refractivity contribution >= 4 is 0 Å². The Morgan fingerprint density at radius 1 is 1.00 bits per heavy atom. The van der Waals surface area contributed by atoms with E-state index in [1.807, 2.05) is 0 Å². The van der Waals surface area contributed by atoms with E-state index >= 15 is 0 Å². The Kier molecular flexibility index (Phi) is 6.31. The highest BCUT2D eigenvalue weighted by Crippen LogP contribution is 2.20. The van der Waals surface area contributed by atoms with Crippen molar-refractivity contribution in [3.63, 3.8) is 0 Å². The lowest BCUT2D eigenvalue weighted by Gasteiger charge is -2.32. The molecule has 0 aromatic carbocycles. The lowest BCUT2D eigenvalue weighted by molar-refractivity contribution is 0.162. The average molecular weight is 281 g/mol. The number of rotatable bonds is 6. The first kappa shape index (κ1) is 16.3. The van der Waals surface area contributed by atoms with Gasteiger partial charge in [-0.25, -0.2) is 0 Å². The average Bonchev–Trinajstić information content (AvgIpc) is 2.87. The van der Waals surface area contributed by atoms with Crippen molar-refractivity contribution in [3.8, 4) is 0 Å². The maximum atomic E-state index is 3.61. The Morgan fingerprint density at radius 2 is 1.75 bits per heavy atom. The van der Waals surface area contributed by atoms with E-state index in [0.29, 0.717) is 5.41 Å². The van der Waals surface area contributed by atoms with Crippen molar-refractivity contribution in [1.29, 1.82) is 0 Å². The Bertz CT molecular complexity index is 266. The van der Waals surface area contributed by atoms with Gasteiger partial charge in [0.2, 0.25) is 0 Å². The Hall–Kier alpha value is -0.120. The molecule has 0 spiro atoms. The largest absolute Gasteiger partial charge is 0.315 e. The first-order chi connectivity index (χ1) is 9.54. The molecule has 1 unspecified atom stereocenters. The van der Waals surface area contributed by atoms with Crippen LogP contribution in [0.3, 0.4) is 0 Å². The van der Waals surface area contributed by atoms with Crippen molar-refractivity contribution in [2.45, 2.75) is 58.9 Å². The molecule has 2 aliphatic heterocycles. The number of piperidine rings is 1. The molecule has 1 atom stereocenters. The van der Waals surface area contributed by atoms with Gasteiger partial charge in [-0.05, 0) is 57.3 Å². The fourth-order valence-electron chi connectivity index (χ4n) is 3.42. The fraction of sp³-hybridized carbons (Fsp3) is 1.00. The molecular formula is C17H35N3. The Balaban J connectivity index is 1.54. The van der Waals surface area contributed by atoms with Crippen LogP contribution in [0.2, 0.25) is 0 Å². The molecule has 1 N–H and O–H groups in total. The van der Waals surface area contributed by atoms with Crippen molar-refractivity contribution in [3.05, 3.63) is 0 Å². The predicted octanol–water partition coefficient (Wildman–Crippen LogP) is 2.57. The molecular weight excluding hydrogens is 246 g/mol. The van der Waals surface area contributed by atoms with Crippen molar-refractivity contribution in [2.24, 2.45) is 5.41 Å². The molecule has 0 saturated carbocycles. The second-order valence-electron chi connectivity index (χ2n) is 7.90. The molecule has 3 heteroatoms. The molecule has 2 fully saturated rings. The third-order valence-corrected chi connectivity index (χ3v) is 4.81. The summed E-state index contributed by atoms with van der Waals surface area (Å²) in [6, 6.07) is 0.852. The second-order valence-corrected chi connectivity index (χ2v) is 7.90. The van der Waals surface area contributed by atoms with Gasteiger partial charge in [-0.1, -0.05) is 27.2 Å². The van der Waals surface area contributed by atoms with E-state index in [1.54, 1.807) is 0 Å². The van der Waals surface area contributed by atoms with Gasteiger partial charge in [-0.3, -0.25) is 4.90 Å². The zero-order valence-electron chi connectivity index (χ0n) is 14.0. The third kappa shape index (κ3) is 5.71. The monoisotopic (exact) mass is 281 g/mol. The van der Waals surface area contributed by atoms with Crippen molar-refractivity contribution < 1.29 is 0 Å².